The Kier molecular flexibility index (Phi) is 4.46. The number of nitrogens with one attached hydrogen (secondary N) is 1. The Morgan fingerprint density at radius 1 is 1.41 bits per heavy atom. The fraction of sp³-hybridized carbons (Fsp3) is 0.786. The minimum atomic E-state index is 0.603. The Bertz CT molecular complexity index is 326. The number of nitrogens with zero attached hydrogens (tertiary/aromatic N) is 2. The van der Waals surface area contributed by atoms with Gasteiger partial charge in [-0.2, -0.15) is 0 Å². The molecule has 1 aromatic rings. The zero-order valence-electron chi connectivity index (χ0n) is 11.2. The van der Waals surface area contributed by atoms with Crippen LogP contribution in [0.15, 0.2) is 12.4 Å². The van der Waals surface area contributed by atoms with Gasteiger partial charge in [0.1, 0.15) is 0 Å². The summed E-state index contributed by atoms with van der Waals surface area (Å²) in [6.07, 6.45) is 13.1. The van der Waals surface area contributed by atoms with E-state index in [-0.39, 0.29) is 0 Å². The molecule has 1 aliphatic rings. The molecule has 3 heteroatoms. The molecule has 96 valence electrons. The summed E-state index contributed by atoms with van der Waals surface area (Å²) in [5, 5.41) is 3.61. The van der Waals surface area contributed by atoms with Crippen molar-refractivity contribution in [2.45, 2.75) is 70.9 Å². The maximum atomic E-state index is 4.48. The molecule has 17 heavy (non-hydrogen) atoms. The molecule has 0 saturated heterocycles. The topological polar surface area (TPSA) is 29.9 Å². The van der Waals surface area contributed by atoms with Crippen molar-refractivity contribution >= 4 is 5.95 Å². The molecule has 0 aromatic carbocycles. The first kappa shape index (κ1) is 12.5. The van der Waals surface area contributed by atoms with Crippen LogP contribution in [0.5, 0.6) is 0 Å². The van der Waals surface area contributed by atoms with Crippen molar-refractivity contribution < 1.29 is 0 Å². The van der Waals surface area contributed by atoms with Crippen LogP contribution < -0.4 is 5.32 Å². The second kappa shape index (κ2) is 6.08. The second-order valence-electron chi connectivity index (χ2n) is 5.13. The van der Waals surface area contributed by atoms with Crippen LogP contribution in [-0.2, 0) is 0 Å². The Labute approximate surface area is 105 Å². The van der Waals surface area contributed by atoms with Crippen LogP contribution in [0.2, 0.25) is 0 Å². The summed E-state index contributed by atoms with van der Waals surface area (Å²) < 4.78 is 2.34. The summed E-state index contributed by atoms with van der Waals surface area (Å²) in [7, 11) is 0. The van der Waals surface area contributed by atoms with E-state index in [0.29, 0.717) is 12.1 Å². The summed E-state index contributed by atoms with van der Waals surface area (Å²) in [5.41, 5.74) is 0. The lowest BCUT2D eigenvalue weighted by Crippen LogP contribution is -2.20. The molecule has 3 nitrogen and oxygen atoms in total. The van der Waals surface area contributed by atoms with Crippen molar-refractivity contribution in [3.8, 4) is 0 Å². The molecule has 1 saturated carbocycles. The molecule has 1 unspecified atom stereocenters. The van der Waals surface area contributed by atoms with Crippen molar-refractivity contribution in [2.24, 2.45) is 0 Å². The Morgan fingerprint density at radius 2 is 2.18 bits per heavy atom. The van der Waals surface area contributed by atoms with Gasteiger partial charge < -0.3 is 9.88 Å². The molecule has 1 N–H and O–H groups in total. The molecular formula is C14H25N3. The molecule has 0 radical (unpaired) electrons. The van der Waals surface area contributed by atoms with Gasteiger partial charge in [0.05, 0.1) is 0 Å². The fourth-order valence-electron chi connectivity index (χ4n) is 2.85. The minimum absolute atomic E-state index is 0.603. The maximum Gasteiger partial charge on any atom is 0.203 e. The second-order valence-corrected chi connectivity index (χ2v) is 5.13. The van der Waals surface area contributed by atoms with Crippen molar-refractivity contribution in [3.05, 3.63) is 12.4 Å². The van der Waals surface area contributed by atoms with Gasteiger partial charge in [0.2, 0.25) is 5.95 Å². The SMILES string of the molecule is CCCC(CC)n1ccnc1NC1CCCC1. The van der Waals surface area contributed by atoms with Crippen LogP contribution >= 0.6 is 0 Å². The molecular weight excluding hydrogens is 210 g/mol. The summed E-state index contributed by atoms with van der Waals surface area (Å²) >= 11 is 0. The minimum Gasteiger partial charge on any atom is -0.353 e. The quantitative estimate of drug-likeness (QED) is 0.808. The lowest BCUT2D eigenvalue weighted by atomic mass is 10.1. The smallest absolute Gasteiger partial charge is 0.203 e. The Hall–Kier alpha value is -0.990. The first-order chi connectivity index (χ1) is 8.35. The van der Waals surface area contributed by atoms with E-state index >= 15 is 0 Å². The molecule has 0 amide bonds. The average molecular weight is 235 g/mol. The van der Waals surface area contributed by atoms with Crippen molar-refractivity contribution in [1.82, 2.24) is 9.55 Å². The number of anilines is 1. The van der Waals surface area contributed by atoms with E-state index in [9.17, 15) is 0 Å². The third-order valence-corrected chi connectivity index (χ3v) is 3.84. The number of hydrogen-bond donors (Lipinski definition) is 1. The van der Waals surface area contributed by atoms with Crippen LogP contribution in [0.1, 0.15) is 64.8 Å². The molecule has 1 heterocycles. The highest BCUT2D eigenvalue weighted by molar-refractivity contribution is 5.28. The first-order valence-corrected chi connectivity index (χ1v) is 7.14. The van der Waals surface area contributed by atoms with E-state index in [0.717, 1.165) is 5.95 Å². The standard InChI is InChI=1S/C14H25N3/c1-3-7-13(4-2)17-11-10-15-14(17)16-12-8-5-6-9-12/h10-13H,3-9H2,1-2H3,(H,15,16). The van der Waals surface area contributed by atoms with Crippen LogP contribution in [0, 0.1) is 0 Å². The molecule has 1 atom stereocenters. The average Bonchev–Trinajstić information content (AvgIpc) is 2.98. The summed E-state index contributed by atoms with van der Waals surface area (Å²) in [6, 6.07) is 1.25. The summed E-state index contributed by atoms with van der Waals surface area (Å²) in [5.74, 6) is 1.08. The van der Waals surface area contributed by atoms with Gasteiger partial charge in [-0.15, -0.1) is 0 Å². The van der Waals surface area contributed by atoms with Crippen molar-refractivity contribution in [1.29, 1.82) is 0 Å². The van der Waals surface area contributed by atoms with Crippen molar-refractivity contribution in [2.75, 3.05) is 5.32 Å². The highest BCUT2D eigenvalue weighted by Crippen LogP contribution is 2.25. The zero-order chi connectivity index (χ0) is 12.1. The van der Waals surface area contributed by atoms with Gasteiger partial charge in [0.25, 0.3) is 0 Å². The highest BCUT2D eigenvalue weighted by atomic mass is 15.2. The normalized spacial score (nSPS) is 18.5. The van der Waals surface area contributed by atoms with Gasteiger partial charge in [0.15, 0.2) is 0 Å². The fourth-order valence-corrected chi connectivity index (χ4v) is 2.85. The number of aromatic nitrogens is 2. The molecule has 1 aliphatic carbocycles. The van der Waals surface area contributed by atoms with Crippen LogP contribution in [0.3, 0.4) is 0 Å². The van der Waals surface area contributed by atoms with Crippen LogP contribution in [0.4, 0.5) is 5.95 Å². The Balaban J connectivity index is 2.03. The molecule has 1 aromatic heterocycles. The van der Waals surface area contributed by atoms with E-state index in [1.807, 2.05) is 6.20 Å². The number of rotatable bonds is 6. The van der Waals surface area contributed by atoms with Gasteiger partial charge in [-0.25, -0.2) is 4.98 Å². The third kappa shape index (κ3) is 3.02. The van der Waals surface area contributed by atoms with Gasteiger partial charge in [-0.05, 0) is 25.7 Å². The molecule has 2 rings (SSSR count). The van der Waals surface area contributed by atoms with E-state index in [1.165, 1.54) is 44.9 Å². The van der Waals surface area contributed by atoms with Gasteiger partial charge in [-0.1, -0.05) is 33.1 Å². The van der Waals surface area contributed by atoms with Gasteiger partial charge >= 0.3 is 0 Å². The van der Waals surface area contributed by atoms with Crippen LogP contribution in [-0.4, -0.2) is 15.6 Å². The third-order valence-electron chi connectivity index (χ3n) is 3.84. The molecule has 0 spiro atoms. The largest absolute Gasteiger partial charge is 0.353 e. The predicted octanol–water partition coefficient (Wildman–Crippen LogP) is 3.99. The molecule has 0 aliphatic heterocycles. The lowest BCUT2D eigenvalue weighted by Gasteiger charge is -2.21. The summed E-state index contributed by atoms with van der Waals surface area (Å²) in [4.78, 5) is 4.48. The van der Waals surface area contributed by atoms with Crippen LogP contribution in [0.25, 0.3) is 0 Å². The van der Waals surface area contributed by atoms with Gasteiger partial charge in [0, 0.05) is 24.5 Å². The summed E-state index contributed by atoms with van der Waals surface area (Å²) in [6.45, 7) is 4.52. The lowest BCUT2D eigenvalue weighted by molar-refractivity contribution is 0.449. The monoisotopic (exact) mass is 235 g/mol. The van der Waals surface area contributed by atoms with E-state index in [4.69, 9.17) is 0 Å². The van der Waals surface area contributed by atoms with E-state index in [1.54, 1.807) is 0 Å². The van der Waals surface area contributed by atoms with E-state index in [2.05, 4.69) is 34.9 Å². The highest BCUT2D eigenvalue weighted by Gasteiger charge is 2.18. The Morgan fingerprint density at radius 3 is 2.82 bits per heavy atom. The van der Waals surface area contributed by atoms with E-state index < -0.39 is 0 Å². The molecule has 1 fully saturated rings. The van der Waals surface area contributed by atoms with Gasteiger partial charge in [-0.3, -0.25) is 0 Å². The van der Waals surface area contributed by atoms with Crippen molar-refractivity contribution in [3.63, 3.8) is 0 Å². The number of imidazole rings is 1. The maximum absolute atomic E-state index is 4.48. The molecule has 0 bridgehead atoms. The first-order valence-electron chi connectivity index (χ1n) is 7.14. The predicted molar refractivity (Wildman–Crippen MR) is 72.3 cm³/mol. The number of hydrogen-bond acceptors (Lipinski definition) is 2. The zero-order valence-corrected chi connectivity index (χ0v) is 11.2.